The molecule has 0 aliphatic heterocycles. The summed E-state index contributed by atoms with van der Waals surface area (Å²) < 4.78 is 6.03. The van der Waals surface area contributed by atoms with Gasteiger partial charge in [-0.2, -0.15) is 0 Å². The summed E-state index contributed by atoms with van der Waals surface area (Å²) in [6.45, 7) is 12.1. The lowest BCUT2D eigenvalue weighted by Crippen LogP contribution is -2.37. The average molecular weight is 384 g/mol. The first kappa shape index (κ1) is 21.7. The number of nitrogens with zero attached hydrogens (tertiary/aromatic N) is 3. The van der Waals surface area contributed by atoms with E-state index in [-0.39, 0.29) is 0 Å². The Balaban J connectivity index is 1.95. The standard InChI is InChI=1S/C22H33N5O/c1-4-23-22(26-18-20-12-9-10-14-24-20)25-17-19-11-7-8-13-21(19)28-16-15-27(5-2)6-3/h7-14H,4-6,15-18H2,1-3H3,(H2,23,25,26). The van der Waals surface area contributed by atoms with Crippen LogP contribution in [0.25, 0.3) is 0 Å². The van der Waals surface area contributed by atoms with Gasteiger partial charge in [-0.3, -0.25) is 4.98 Å². The molecule has 0 amide bonds. The van der Waals surface area contributed by atoms with Gasteiger partial charge in [-0.1, -0.05) is 38.1 Å². The summed E-state index contributed by atoms with van der Waals surface area (Å²) in [4.78, 5) is 11.4. The van der Waals surface area contributed by atoms with Gasteiger partial charge in [-0.05, 0) is 38.2 Å². The first-order valence-corrected chi connectivity index (χ1v) is 10.1. The third-order valence-corrected chi connectivity index (χ3v) is 4.45. The summed E-state index contributed by atoms with van der Waals surface area (Å²) in [6, 6.07) is 14.0. The van der Waals surface area contributed by atoms with Crippen LogP contribution in [-0.2, 0) is 13.1 Å². The average Bonchev–Trinajstić information content (AvgIpc) is 2.74. The van der Waals surface area contributed by atoms with Crippen LogP contribution in [0.1, 0.15) is 32.0 Å². The zero-order chi connectivity index (χ0) is 20.0. The molecular weight excluding hydrogens is 350 g/mol. The quantitative estimate of drug-likeness (QED) is 0.461. The summed E-state index contributed by atoms with van der Waals surface area (Å²) in [7, 11) is 0. The van der Waals surface area contributed by atoms with Gasteiger partial charge >= 0.3 is 0 Å². The molecule has 6 nitrogen and oxygen atoms in total. The molecule has 0 aliphatic carbocycles. The molecule has 2 aromatic rings. The number of aromatic nitrogens is 1. The van der Waals surface area contributed by atoms with E-state index in [2.05, 4.69) is 47.4 Å². The first-order valence-electron chi connectivity index (χ1n) is 10.1. The highest BCUT2D eigenvalue weighted by Crippen LogP contribution is 2.18. The molecule has 2 N–H and O–H groups in total. The molecule has 1 heterocycles. The predicted octanol–water partition coefficient (Wildman–Crippen LogP) is 3.06. The number of aliphatic imine (C=N–C) groups is 1. The van der Waals surface area contributed by atoms with Gasteiger partial charge in [-0.15, -0.1) is 0 Å². The van der Waals surface area contributed by atoms with Gasteiger partial charge in [0.2, 0.25) is 0 Å². The van der Waals surface area contributed by atoms with Crippen molar-refractivity contribution in [3.8, 4) is 5.75 Å². The van der Waals surface area contributed by atoms with Crippen LogP contribution in [0.5, 0.6) is 5.75 Å². The fourth-order valence-corrected chi connectivity index (χ4v) is 2.78. The smallest absolute Gasteiger partial charge is 0.191 e. The number of hydrogen-bond donors (Lipinski definition) is 2. The fourth-order valence-electron chi connectivity index (χ4n) is 2.78. The topological polar surface area (TPSA) is 61.8 Å². The Bertz CT molecular complexity index is 701. The summed E-state index contributed by atoms with van der Waals surface area (Å²) in [6.07, 6.45) is 1.80. The molecule has 0 aliphatic rings. The number of ether oxygens (including phenoxy) is 1. The Morgan fingerprint density at radius 2 is 1.82 bits per heavy atom. The molecule has 152 valence electrons. The number of guanidine groups is 1. The second-order valence-corrected chi connectivity index (χ2v) is 6.35. The minimum atomic E-state index is 0.555. The van der Waals surface area contributed by atoms with E-state index in [1.807, 2.05) is 36.4 Å². The number of benzene rings is 1. The van der Waals surface area contributed by atoms with Crippen LogP contribution in [0.2, 0.25) is 0 Å². The Morgan fingerprint density at radius 1 is 1.04 bits per heavy atom. The first-order chi connectivity index (χ1) is 13.8. The van der Waals surface area contributed by atoms with Crippen molar-refractivity contribution in [1.29, 1.82) is 0 Å². The molecule has 0 bridgehead atoms. The molecular formula is C22H33N5O. The lowest BCUT2D eigenvalue weighted by molar-refractivity contribution is 0.221. The Labute approximate surface area is 169 Å². The summed E-state index contributed by atoms with van der Waals surface area (Å²) >= 11 is 0. The number of pyridine rings is 1. The third-order valence-electron chi connectivity index (χ3n) is 4.45. The van der Waals surface area contributed by atoms with E-state index in [4.69, 9.17) is 9.73 Å². The molecule has 1 aromatic carbocycles. The lowest BCUT2D eigenvalue weighted by Gasteiger charge is -2.18. The summed E-state index contributed by atoms with van der Waals surface area (Å²) in [5.41, 5.74) is 2.06. The number of rotatable bonds is 11. The second-order valence-electron chi connectivity index (χ2n) is 6.35. The van der Waals surface area contributed by atoms with Crippen LogP contribution in [0.4, 0.5) is 0 Å². The molecule has 1 aromatic heterocycles. The number of hydrogen-bond acceptors (Lipinski definition) is 4. The molecule has 0 saturated carbocycles. The highest BCUT2D eigenvalue weighted by Gasteiger charge is 2.05. The Hall–Kier alpha value is -2.60. The Morgan fingerprint density at radius 3 is 2.54 bits per heavy atom. The zero-order valence-electron chi connectivity index (χ0n) is 17.3. The molecule has 0 fully saturated rings. The monoisotopic (exact) mass is 383 g/mol. The molecule has 28 heavy (non-hydrogen) atoms. The number of para-hydroxylation sites is 1. The fraction of sp³-hybridized carbons (Fsp3) is 0.455. The SMILES string of the molecule is CCNC(=NCc1ccccc1OCCN(CC)CC)NCc1ccccn1. The summed E-state index contributed by atoms with van der Waals surface area (Å²) in [5.74, 6) is 1.67. The van der Waals surface area contributed by atoms with E-state index in [0.717, 1.165) is 49.1 Å². The van der Waals surface area contributed by atoms with Crippen molar-refractivity contribution in [1.82, 2.24) is 20.5 Å². The van der Waals surface area contributed by atoms with Crippen molar-refractivity contribution in [2.24, 2.45) is 4.99 Å². The van der Waals surface area contributed by atoms with Gasteiger partial charge in [0.05, 0.1) is 18.8 Å². The van der Waals surface area contributed by atoms with Crippen molar-refractivity contribution >= 4 is 5.96 Å². The van der Waals surface area contributed by atoms with Crippen molar-refractivity contribution in [3.05, 3.63) is 59.9 Å². The molecule has 0 atom stereocenters. The van der Waals surface area contributed by atoms with Crippen LogP contribution in [0, 0.1) is 0 Å². The minimum absolute atomic E-state index is 0.555. The van der Waals surface area contributed by atoms with E-state index in [0.29, 0.717) is 19.7 Å². The van der Waals surface area contributed by atoms with Gasteiger partial charge in [0.1, 0.15) is 12.4 Å². The van der Waals surface area contributed by atoms with Crippen LogP contribution in [-0.4, -0.2) is 48.6 Å². The molecule has 0 spiro atoms. The van der Waals surface area contributed by atoms with Gasteiger partial charge in [0.15, 0.2) is 5.96 Å². The molecule has 0 unspecified atom stereocenters. The zero-order valence-corrected chi connectivity index (χ0v) is 17.3. The number of nitrogens with one attached hydrogen (secondary N) is 2. The van der Waals surface area contributed by atoms with Crippen molar-refractivity contribution in [2.45, 2.75) is 33.9 Å². The van der Waals surface area contributed by atoms with E-state index >= 15 is 0 Å². The molecule has 6 heteroatoms. The molecule has 0 radical (unpaired) electrons. The third kappa shape index (κ3) is 7.56. The maximum absolute atomic E-state index is 6.03. The second kappa shape index (κ2) is 12.7. The van der Waals surface area contributed by atoms with Gasteiger partial charge in [0, 0.05) is 24.8 Å². The van der Waals surface area contributed by atoms with E-state index < -0.39 is 0 Å². The predicted molar refractivity (Wildman–Crippen MR) is 116 cm³/mol. The van der Waals surface area contributed by atoms with Crippen LogP contribution in [0.3, 0.4) is 0 Å². The normalized spacial score (nSPS) is 11.5. The van der Waals surface area contributed by atoms with Crippen LogP contribution < -0.4 is 15.4 Å². The maximum Gasteiger partial charge on any atom is 0.191 e. The number of likely N-dealkylation sites (N-methyl/N-ethyl adjacent to an activating group) is 1. The van der Waals surface area contributed by atoms with E-state index in [9.17, 15) is 0 Å². The van der Waals surface area contributed by atoms with E-state index in [1.165, 1.54) is 0 Å². The maximum atomic E-state index is 6.03. The highest BCUT2D eigenvalue weighted by molar-refractivity contribution is 5.79. The van der Waals surface area contributed by atoms with Crippen LogP contribution >= 0.6 is 0 Å². The van der Waals surface area contributed by atoms with Gasteiger partial charge in [0.25, 0.3) is 0 Å². The van der Waals surface area contributed by atoms with Crippen molar-refractivity contribution in [3.63, 3.8) is 0 Å². The van der Waals surface area contributed by atoms with Crippen molar-refractivity contribution in [2.75, 3.05) is 32.8 Å². The molecule has 0 saturated heterocycles. The summed E-state index contributed by atoms with van der Waals surface area (Å²) in [5, 5.41) is 6.61. The largest absolute Gasteiger partial charge is 0.492 e. The van der Waals surface area contributed by atoms with Crippen molar-refractivity contribution < 1.29 is 4.74 Å². The van der Waals surface area contributed by atoms with E-state index in [1.54, 1.807) is 6.20 Å². The van der Waals surface area contributed by atoms with Crippen LogP contribution in [0.15, 0.2) is 53.7 Å². The molecule has 2 rings (SSSR count). The highest BCUT2D eigenvalue weighted by atomic mass is 16.5. The van der Waals surface area contributed by atoms with Gasteiger partial charge in [-0.25, -0.2) is 4.99 Å². The van der Waals surface area contributed by atoms with Gasteiger partial charge < -0.3 is 20.3 Å². The lowest BCUT2D eigenvalue weighted by atomic mass is 10.2. The minimum Gasteiger partial charge on any atom is -0.492 e. The Kier molecular flexibility index (Phi) is 9.86.